The van der Waals surface area contributed by atoms with E-state index in [0.29, 0.717) is 31.2 Å². The molecule has 3 N–H and O–H groups in total. The van der Waals surface area contributed by atoms with Crippen LogP contribution in [0.4, 0.5) is 0 Å². The smallest absolute Gasteiger partial charge is 0.0672 e. The van der Waals surface area contributed by atoms with E-state index in [-0.39, 0.29) is 0 Å². The molecule has 0 aromatic carbocycles. The first kappa shape index (κ1) is 15.6. The quantitative estimate of drug-likeness (QED) is 0.493. The van der Waals surface area contributed by atoms with Crippen molar-refractivity contribution in [1.82, 2.24) is 5.32 Å². The SMILES string of the molecule is C=C(C)COCCNC(CN)CC(C)(C)C. The second-order valence-corrected chi connectivity index (χ2v) is 5.66. The standard InChI is InChI=1S/C13H28N2O/c1-11(2)10-16-7-6-15-12(9-14)8-13(3,4)5/h12,15H,1,6-10,14H2,2-5H3. The predicted octanol–water partition coefficient (Wildman–Crippen LogP) is 1.93. The van der Waals surface area contributed by atoms with Crippen LogP contribution < -0.4 is 11.1 Å². The molecule has 0 saturated heterocycles. The highest BCUT2D eigenvalue weighted by atomic mass is 16.5. The highest BCUT2D eigenvalue weighted by Crippen LogP contribution is 2.20. The number of hydrogen-bond acceptors (Lipinski definition) is 3. The molecule has 3 nitrogen and oxygen atoms in total. The Hall–Kier alpha value is -0.380. The summed E-state index contributed by atoms with van der Waals surface area (Å²) in [7, 11) is 0. The van der Waals surface area contributed by atoms with Gasteiger partial charge in [-0.15, -0.1) is 0 Å². The molecular formula is C13H28N2O. The highest BCUT2D eigenvalue weighted by Gasteiger charge is 2.16. The molecule has 1 atom stereocenters. The fourth-order valence-corrected chi connectivity index (χ4v) is 1.56. The van der Waals surface area contributed by atoms with E-state index in [2.05, 4.69) is 32.7 Å². The van der Waals surface area contributed by atoms with Crippen molar-refractivity contribution in [3.63, 3.8) is 0 Å². The van der Waals surface area contributed by atoms with Gasteiger partial charge in [0.15, 0.2) is 0 Å². The molecule has 0 aromatic heterocycles. The van der Waals surface area contributed by atoms with Crippen molar-refractivity contribution in [3.05, 3.63) is 12.2 Å². The first-order valence-corrected chi connectivity index (χ1v) is 6.00. The van der Waals surface area contributed by atoms with E-state index in [1.807, 2.05) is 6.92 Å². The molecule has 0 aromatic rings. The minimum Gasteiger partial charge on any atom is -0.376 e. The van der Waals surface area contributed by atoms with Crippen LogP contribution in [0.1, 0.15) is 34.1 Å². The molecule has 96 valence electrons. The van der Waals surface area contributed by atoms with Gasteiger partial charge in [0.25, 0.3) is 0 Å². The van der Waals surface area contributed by atoms with E-state index in [4.69, 9.17) is 10.5 Å². The first-order chi connectivity index (χ1) is 7.35. The van der Waals surface area contributed by atoms with E-state index in [1.54, 1.807) is 0 Å². The Kier molecular flexibility index (Phi) is 7.64. The third-order valence-electron chi connectivity index (χ3n) is 2.17. The van der Waals surface area contributed by atoms with E-state index < -0.39 is 0 Å². The summed E-state index contributed by atoms with van der Waals surface area (Å²) < 4.78 is 5.42. The summed E-state index contributed by atoms with van der Waals surface area (Å²) in [4.78, 5) is 0. The average Bonchev–Trinajstić information content (AvgIpc) is 2.13. The molecule has 0 aliphatic rings. The topological polar surface area (TPSA) is 47.3 Å². The Morgan fingerprint density at radius 1 is 1.44 bits per heavy atom. The van der Waals surface area contributed by atoms with Crippen LogP contribution in [0.5, 0.6) is 0 Å². The first-order valence-electron chi connectivity index (χ1n) is 6.00. The molecule has 0 aliphatic heterocycles. The summed E-state index contributed by atoms with van der Waals surface area (Å²) in [5.74, 6) is 0. The molecule has 16 heavy (non-hydrogen) atoms. The van der Waals surface area contributed by atoms with Crippen molar-refractivity contribution in [2.24, 2.45) is 11.1 Å². The summed E-state index contributed by atoms with van der Waals surface area (Å²) in [5, 5.41) is 3.42. The number of ether oxygens (including phenoxy) is 1. The van der Waals surface area contributed by atoms with Gasteiger partial charge in [-0.3, -0.25) is 0 Å². The molecular weight excluding hydrogens is 200 g/mol. The maximum absolute atomic E-state index is 5.73. The molecule has 1 unspecified atom stereocenters. The zero-order chi connectivity index (χ0) is 12.6. The molecule has 0 saturated carbocycles. The van der Waals surface area contributed by atoms with Crippen LogP contribution in [0, 0.1) is 5.41 Å². The van der Waals surface area contributed by atoms with Gasteiger partial charge in [0.05, 0.1) is 13.2 Å². The average molecular weight is 228 g/mol. The van der Waals surface area contributed by atoms with E-state index in [9.17, 15) is 0 Å². The third-order valence-corrected chi connectivity index (χ3v) is 2.17. The normalized spacial score (nSPS) is 13.8. The minimum absolute atomic E-state index is 0.315. The monoisotopic (exact) mass is 228 g/mol. The Morgan fingerprint density at radius 3 is 2.50 bits per heavy atom. The van der Waals surface area contributed by atoms with Crippen LogP contribution >= 0.6 is 0 Å². The molecule has 0 aliphatic carbocycles. The maximum atomic E-state index is 5.73. The largest absolute Gasteiger partial charge is 0.376 e. The third kappa shape index (κ3) is 10.1. The lowest BCUT2D eigenvalue weighted by molar-refractivity contribution is 0.153. The van der Waals surface area contributed by atoms with Gasteiger partial charge >= 0.3 is 0 Å². The van der Waals surface area contributed by atoms with Crippen molar-refractivity contribution in [3.8, 4) is 0 Å². The van der Waals surface area contributed by atoms with Crippen LogP contribution in [0.15, 0.2) is 12.2 Å². The lowest BCUT2D eigenvalue weighted by Crippen LogP contribution is -2.40. The van der Waals surface area contributed by atoms with Gasteiger partial charge in [-0.1, -0.05) is 32.9 Å². The van der Waals surface area contributed by atoms with Crippen molar-refractivity contribution in [2.45, 2.75) is 40.2 Å². The van der Waals surface area contributed by atoms with Gasteiger partial charge in [-0.2, -0.15) is 0 Å². The zero-order valence-corrected chi connectivity index (χ0v) is 11.3. The second kappa shape index (κ2) is 7.82. The molecule has 0 amide bonds. The number of rotatable bonds is 8. The number of nitrogens with one attached hydrogen (secondary N) is 1. The van der Waals surface area contributed by atoms with Gasteiger partial charge in [0.1, 0.15) is 0 Å². The molecule has 0 bridgehead atoms. The maximum Gasteiger partial charge on any atom is 0.0672 e. The minimum atomic E-state index is 0.315. The molecule has 0 fully saturated rings. The van der Waals surface area contributed by atoms with Gasteiger partial charge in [-0.25, -0.2) is 0 Å². The Balaban J connectivity index is 3.60. The predicted molar refractivity (Wildman–Crippen MR) is 70.6 cm³/mol. The second-order valence-electron chi connectivity index (χ2n) is 5.66. The lowest BCUT2D eigenvalue weighted by Gasteiger charge is -2.25. The summed E-state index contributed by atoms with van der Waals surface area (Å²) in [6.45, 7) is 15.3. The molecule has 0 radical (unpaired) electrons. The van der Waals surface area contributed by atoms with Crippen LogP contribution in [0.2, 0.25) is 0 Å². The Morgan fingerprint density at radius 2 is 2.06 bits per heavy atom. The van der Waals surface area contributed by atoms with E-state index in [1.165, 1.54) is 0 Å². The molecule has 3 heteroatoms. The van der Waals surface area contributed by atoms with Gasteiger partial charge in [0, 0.05) is 19.1 Å². The van der Waals surface area contributed by atoms with Gasteiger partial charge in [-0.05, 0) is 18.8 Å². The molecule has 0 rings (SSSR count). The molecule has 0 heterocycles. The van der Waals surface area contributed by atoms with E-state index >= 15 is 0 Å². The summed E-state index contributed by atoms with van der Waals surface area (Å²) in [6, 6.07) is 0.383. The van der Waals surface area contributed by atoms with Crippen molar-refractivity contribution in [2.75, 3.05) is 26.3 Å². The number of nitrogens with two attached hydrogens (primary N) is 1. The Labute approximate surface area is 100 Å². The zero-order valence-electron chi connectivity index (χ0n) is 11.3. The summed E-state index contributed by atoms with van der Waals surface area (Å²) in [5.41, 5.74) is 7.10. The van der Waals surface area contributed by atoms with Crippen molar-refractivity contribution < 1.29 is 4.74 Å². The van der Waals surface area contributed by atoms with E-state index in [0.717, 1.165) is 18.5 Å². The van der Waals surface area contributed by atoms with Crippen molar-refractivity contribution >= 4 is 0 Å². The fourth-order valence-electron chi connectivity index (χ4n) is 1.56. The van der Waals surface area contributed by atoms with Crippen LogP contribution in [0.25, 0.3) is 0 Å². The Bertz CT molecular complexity index is 197. The summed E-state index contributed by atoms with van der Waals surface area (Å²) >= 11 is 0. The highest BCUT2D eigenvalue weighted by molar-refractivity contribution is 4.87. The number of hydrogen-bond donors (Lipinski definition) is 2. The lowest BCUT2D eigenvalue weighted by atomic mass is 9.88. The van der Waals surface area contributed by atoms with Gasteiger partial charge < -0.3 is 15.8 Å². The summed E-state index contributed by atoms with van der Waals surface area (Å²) in [6.07, 6.45) is 1.09. The van der Waals surface area contributed by atoms with Crippen LogP contribution in [-0.4, -0.2) is 32.3 Å². The fraction of sp³-hybridized carbons (Fsp3) is 0.846. The van der Waals surface area contributed by atoms with Crippen LogP contribution in [-0.2, 0) is 4.74 Å². The molecule has 0 spiro atoms. The van der Waals surface area contributed by atoms with Crippen molar-refractivity contribution in [1.29, 1.82) is 0 Å². The van der Waals surface area contributed by atoms with Crippen LogP contribution in [0.3, 0.4) is 0 Å². The van der Waals surface area contributed by atoms with Gasteiger partial charge in [0.2, 0.25) is 0 Å².